The Morgan fingerprint density at radius 2 is 1.58 bits per heavy atom. The van der Waals surface area contributed by atoms with E-state index in [0.29, 0.717) is 5.69 Å². The number of nitrogens with zero attached hydrogens (tertiary/aromatic N) is 2. The van der Waals surface area contributed by atoms with Crippen LogP contribution in [0.1, 0.15) is 22.8 Å². The summed E-state index contributed by atoms with van der Waals surface area (Å²) < 4.78 is 19.7. The average Bonchev–Trinajstić information content (AvgIpc) is 2.91. The maximum Gasteiger partial charge on any atom is 0.410 e. The molecule has 196 valence electrons. The lowest BCUT2D eigenvalue weighted by molar-refractivity contribution is -0.122. The summed E-state index contributed by atoms with van der Waals surface area (Å²) in [5.41, 5.74) is 1.48. The molecule has 0 aromatic heterocycles. The first-order valence-electron chi connectivity index (χ1n) is 12.0. The number of piperazine rings is 1. The van der Waals surface area contributed by atoms with Crippen LogP contribution in [-0.4, -0.2) is 59.3 Å². The molecule has 0 spiro atoms. The molecule has 10 heteroatoms. The molecule has 1 aliphatic heterocycles. The highest BCUT2D eigenvalue weighted by atomic mass is 19.1. The van der Waals surface area contributed by atoms with Crippen molar-refractivity contribution in [2.24, 2.45) is 0 Å². The van der Waals surface area contributed by atoms with Crippen molar-refractivity contribution in [3.05, 3.63) is 95.8 Å². The number of rotatable bonds is 6. The predicted octanol–water partition coefficient (Wildman–Crippen LogP) is 3.89. The van der Waals surface area contributed by atoms with Crippen molar-refractivity contribution in [3.63, 3.8) is 0 Å². The summed E-state index contributed by atoms with van der Waals surface area (Å²) >= 11 is 0. The van der Waals surface area contributed by atoms with Gasteiger partial charge in [0.2, 0.25) is 11.8 Å². The summed E-state index contributed by atoms with van der Waals surface area (Å²) in [5, 5.41) is 5.24. The van der Waals surface area contributed by atoms with Gasteiger partial charge in [-0.15, -0.1) is 0 Å². The van der Waals surface area contributed by atoms with Gasteiger partial charge in [-0.2, -0.15) is 0 Å². The topological polar surface area (TPSA) is 108 Å². The maximum atomic E-state index is 14.2. The van der Waals surface area contributed by atoms with Gasteiger partial charge < -0.3 is 20.3 Å². The van der Waals surface area contributed by atoms with Crippen molar-refractivity contribution < 1.29 is 28.3 Å². The van der Waals surface area contributed by atoms with E-state index >= 15 is 0 Å². The molecule has 1 fully saturated rings. The summed E-state index contributed by atoms with van der Waals surface area (Å²) in [6.07, 6.45) is -0.687. The van der Waals surface area contributed by atoms with E-state index in [4.69, 9.17) is 4.74 Å². The average molecular weight is 519 g/mol. The van der Waals surface area contributed by atoms with Crippen LogP contribution in [-0.2, 0) is 20.9 Å². The Morgan fingerprint density at radius 3 is 2.26 bits per heavy atom. The standard InChI is InChI=1S/C28H27FN4O5/c1-19(34)30-24-15-21(14-22(29)16-24)27(36)32-12-13-33(28(37)38-18-20-8-4-2-5-9-20)25(17-32)26(35)31-23-10-6-3-7-11-23/h2-11,14-16,25H,12-13,17-18H2,1H3,(H,30,34)(H,31,35). The van der Waals surface area contributed by atoms with E-state index in [9.17, 15) is 23.6 Å². The molecule has 3 aromatic rings. The highest BCUT2D eigenvalue weighted by molar-refractivity contribution is 6.00. The van der Waals surface area contributed by atoms with Gasteiger partial charge >= 0.3 is 6.09 Å². The van der Waals surface area contributed by atoms with E-state index in [1.807, 2.05) is 30.3 Å². The van der Waals surface area contributed by atoms with E-state index < -0.39 is 35.7 Å². The van der Waals surface area contributed by atoms with Gasteiger partial charge in [0.05, 0.1) is 6.54 Å². The fourth-order valence-corrected chi connectivity index (χ4v) is 4.13. The molecule has 0 radical (unpaired) electrons. The first-order chi connectivity index (χ1) is 18.3. The second kappa shape index (κ2) is 12.0. The number of para-hydroxylation sites is 1. The largest absolute Gasteiger partial charge is 0.445 e. The predicted molar refractivity (Wildman–Crippen MR) is 139 cm³/mol. The minimum atomic E-state index is -1.06. The molecule has 0 aliphatic carbocycles. The van der Waals surface area contributed by atoms with Crippen molar-refractivity contribution in [2.45, 2.75) is 19.6 Å². The lowest BCUT2D eigenvalue weighted by atomic mass is 10.1. The number of halogens is 1. The molecule has 3 aromatic carbocycles. The van der Waals surface area contributed by atoms with Crippen LogP contribution in [0, 0.1) is 5.82 Å². The second-order valence-corrected chi connectivity index (χ2v) is 8.77. The van der Waals surface area contributed by atoms with Crippen LogP contribution >= 0.6 is 0 Å². The number of hydrogen-bond donors (Lipinski definition) is 2. The molecule has 9 nitrogen and oxygen atoms in total. The van der Waals surface area contributed by atoms with Crippen molar-refractivity contribution >= 4 is 35.2 Å². The smallest absolute Gasteiger partial charge is 0.410 e. The third-order valence-corrected chi connectivity index (χ3v) is 5.92. The van der Waals surface area contributed by atoms with Crippen molar-refractivity contribution in [2.75, 3.05) is 30.3 Å². The quantitative estimate of drug-likeness (QED) is 0.515. The van der Waals surface area contributed by atoms with Crippen molar-refractivity contribution in [1.29, 1.82) is 0 Å². The molecule has 1 aliphatic rings. The van der Waals surface area contributed by atoms with Gasteiger partial charge in [0.1, 0.15) is 18.5 Å². The first-order valence-corrected chi connectivity index (χ1v) is 12.0. The minimum Gasteiger partial charge on any atom is -0.445 e. The summed E-state index contributed by atoms with van der Waals surface area (Å²) in [7, 11) is 0. The van der Waals surface area contributed by atoms with E-state index in [0.717, 1.165) is 17.7 Å². The Labute approximate surface area is 219 Å². The van der Waals surface area contributed by atoms with E-state index in [2.05, 4.69) is 10.6 Å². The van der Waals surface area contributed by atoms with Crippen LogP contribution in [0.4, 0.5) is 20.6 Å². The van der Waals surface area contributed by atoms with Crippen LogP contribution in [0.25, 0.3) is 0 Å². The molecule has 0 bridgehead atoms. The molecule has 38 heavy (non-hydrogen) atoms. The van der Waals surface area contributed by atoms with Gasteiger partial charge in [0.25, 0.3) is 5.91 Å². The zero-order valence-electron chi connectivity index (χ0n) is 20.7. The molecule has 1 heterocycles. The fraction of sp³-hybridized carbons (Fsp3) is 0.214. The molecule has 4 amide bonds. The number of carbonyl (C=O) groups is 4. The number of hydrogen-bond acceptors (Lipinski definition) is 5. The van der Waals surface area contributed by atoms with Gasteiger partial charge in [0.15, 0.2) is 0 Å². The van der Waals surface area contributed by atoms with Gasteiger partial charge in [-0.25, -0.2) is 9.18 Å². The first kappa shape index (κ1) is 26.3. The van der Waals surface area contributed by atoms with Gasteiger partial charge in [-0.1, -0.05) is 48.5 Å². The molecule has 0 saturated carbocycles. The van der Waals surface area contributed by atoms with Crippen molar-refractivity contribution in [1.82, 2.24) is 9.80 Å². The zero-order chi connectivity index (χ0) is 27.1. The number of anilines is 2. The molecule has 4 rings (SSSR count). The Kier molecular flexibility index (Phi) is 8.32. The normalized spacial score (nSPS) is 14.9. The van der Waals surface area contributed by atoms with Crippen LogP contribution in [0.2, 0.25) is 0 Å². The molecule has 2 N–H and O–H groups in total. The summed E-state index contributed by atoms with van der Waals surface area (Å²) in [6, 6.07) is 20.4. The molecular weight excluding hydrogens is 491 g/mol. The van der Waals surface area contributed by atoms with E-state index in [1.54, 1.807) is 30.3 Å². The summed E-state index contributed by atoms with van der Waals surface area (Å²) in [4.78, 5) is 53.6. The van der Waals surface area contributed by atoms with E-state index in [-0.39, 0.29) is 37.5 Å². The summed E-state index contributed by atoms with van der Waals surface area (Å²) in [6.45, 7) is 1.30. The molecule has 1 saturated heterocycles. The number of ether oxygens (including phenoxy) is 1. The van der Waals surface area contributed by atoms with Gasteiger partial charge in [0, 0.05) is 37.0 Å². The SMILES string of the molecule is CC(=O)Nc1cc(F)cc(C(=O)N2CCN(C(=O)OCc3ccccc3)C(C(=O)Nc3ccccc3)C2)c1. The van der Waals surface area contributed by atoms with Crippen LogP contribution in [0.5, 0.6) is 0 Å². The third kappa shape index (κ3) is 6.73. The number of carbonyl (C=O) groups excluding carboxylic acids is 4. The Bertz CT molecular complexity index is 1320. The van der Waals surface area contributed by atoms with Crippen molar-refractivity contribution in [3.8, 4) is 0 Å². The lowest BCUT2D eigenvalue weighted by Crippen LogP contribution is -2.60. The monoisotopic (exact) mass is 518 g/mol. The third-order valence-electron chi connectivity index (χ3n) is 5.92. The van der Waals surface area contributed by atoms with Crippen LogP contribution in [0.15, 0.2) is 78.9 Å². The minimum absolute atomic E-state index is 0.0103. The number of benzene rings is 3. The van der Waals surface area contributed by atoms with Crippen LogP contribution < -0.4 is 10.6 Å². The molecule has 1 unspecified atom stereocenters. The summed E-state index contributed by atoms with van der Waals surface area (Å²) in [5.74, 6) is -2.13. The van der Waals surface area contributed by atoms with Gasteiger partial charge in [-0.3, -0.25) is 19.3 Å². The Balaban J connectivity index is 1.53. The molecule has 1 atom stereocenters. The number of nitrogens with one attached hydrogen (secondary N) is 2. The maximum absolute atomic E-state index is 14.2. The van der Waals surface area contributed by atoms with E-state index in [1.165, 1.54) is 22.8 Å². The highest BCUT2D eigenvalue weighted by Gasteiger charge is 2.38. The molecular formula is C28H27FN4O5. The fourth-order valence-electron chi connectivity index (χ4n) is 4.13. The van der Waals surface area contributed by atoms with Crippen LogP contribution in [0.3, 0.4) is 0 Å². The Hall–Kier alpha value is -4.73. The second-order valence-electron chi connectivity index (χ2n) is 8.77. The number of amides is 4. The Morgan fingerprint density at radius 1 is 0.895 bits per heavy atom. The lowest BCUT2D eigenvalue weighted by Gasteiger charge is -2.39. The van der Waals surface area contributed by atoms with Gasteiger partial charge in [-0.05, 0) is 35.9 Å². The highest BCUT2D eigenvalue weighted by Crippen LogP contribution is 2.20. The zero-order valence-corrected chi connectivity index (χ0v) is 20.7.